The largest absolute Gasteiger partial charge is 0.487 e. The summed E-state index contributed by atoms with van der Waals surface area (Å²) >= 11 is 0. The molecular weight excluding hydrogens is 217 g/mol. The normalized spacial score (nSPS) is 9.94. The van der Waals surface area contributed by atoms with Crippen LogP contribution in [0.3, 0.4) is 0 Å². The molecule has 0 saturated heterocycles. The zero-order valence-corrected chi connectivity index (χ0v) is 8.82. The first-order valence-corrected chi connectivity index (χ1v) is 4.59. The van der Waals surface area contributed by atoms with E-state index in [0.29, 0.717) is 0 Å². The summed E-state index contributed by atoms with van der Waals surface area (Å²) in [6.45, 7) is 3.01. The van der Waals surface area contributed by atoms with Crippen LogP contribution in [0.1, 0.15) is 24.2 Å². The zero-order chi connectivity index (χ0) is 12.3. The second-order valence-corrected chi connectivity index (χ2v) is 3.05. The summed E-state index contributed by atoms with van der Waals surface area (Å²) in [5, 5.41) is 10.6. The van der Waals surface area contributed by atoms with Crippen LogP contribution >= 0.6 is 0 Å². The molecule has 0 spiro atoms. The van der Waals surface area contributed by atoms with E-state index in [2.05, 4.69) is 0 Å². The summed E-state index contributed by atoms with van der Waals surface area (Å²) in [6.07, 6.45) is 0. The average molecular weight is 227 g/mol. The van der Waals surface area contributed by atoms with Crippen LogP contribution in [0.4, 0.5) is 10.1 Å². The first-order chi connectivity index (χ1) is 7.47. The number of hydrogen-bond acceptors (Lipinski definition) is 4. The monoisotopic (exact) mass is 227 g/mol. The van der Waals surface area contributed by atoms with Gasteiger partial charge in [-0.15, -0.1) is 0 Å². The summed E-state index contributed by atoms with van der Waals surface area (Å²) < 4.78 is 18.3. The molecule has 86 valence electrons. The van der Waals surface area contributed by atoms with E-state index >= 15 is 0 Å². The van der Waals surface area contributed by atoms with Gasteiger partial charge in [0.2, 0.25) is 11.6 Å². The Kier molecular flexibility index (Phi) is 3.55. The van der Waals surface area contributed by atoms with Crippen molar-refractivity contribution in [1.82, 2.24) is 0 Å². The topological polar surface area (TPSA) is 69.4 Å². The number of benzene rings is 1. The van der Waals surface area contributed by atoms with Gasteiger partial charge in [-0.2, -0.15) is 4.39 Å². The van der Waals surface area contributed by atoms with Crippen molar-refractivity contribution < 1.29 is 18.8 Å². The molecule has 1 aromatic carbocycles. The molecule has 0 aliphatic carbocycles. The molecule has 0 aliphatic rings. The van der Waals surface area contributed by atoms with E-state index in [1.807, 2.05) is 0 Å². The van der Waals surface area contributed by atoms with Gasteiger partial charge in [-0.1, -0.05) is 0 Å². The SMILES string of the molecule is CCOc1cc(C(C)=O)cc(F)c1[N+](=O)[O-]. The number of carbonyl (C=O) groups excluding carboxylic acids is 1. The maximum Gasteiger partial charge on any atom is 0.346 e. The van der Waals surface area contributed by atoms with Crippen molar-refractivity contribution in [2.45, 2.75) is 13.8 Å². The first-order valence-electron chi connectivity index (χ1n) is 4.59. The molecule has 1 aromatic rings. The molecule has 0 radical (unpaired) electrons. The Morgan fingerprint density at radius 3 is 2.62 bits per heavy atom. The third-order valence-corrected chi connectivity index (χ3v) is 1.92. The molecule has 5 nitrogen and oxygen atoms in total. The van der Waals surface area contributed by atoms with Crippen LogP contribution in [-0.2, 0) is 0 Å². The van der Waals surface area contributed by atoms with Gasteiger partial charge in [0, 0.05) is 5.56 Å². The highest BCUT2D eigenvalue weighted by atomic mass is 19.1. The van der Waals surface area contributed by atoms with Crippen molar-refractivity contribution in [3.05, 3.63) is 33.6 Å². The Hall–Kier alpha value is -1.98. The van der Waals surface area contributed by atoms with Gasteiger partial charge in [0.25, 0.3) is 0 Å². The Morgan fingerprint density at radius 1 is 1.56 bits per heavy atom. The molecule has 16 heavy (non-hydrogen) atoms. The minimum absolute atomic E-state index is 0.0477. The summed E-state index contributed by atoms with van der Waals surface area (Å²) in [7, 11) is 0. The van der Waals surface area contributed by atoms with Crippen molar-refractivity contribution in [1.29, 1.82) is 0 Å². The van der Waals surface area contributed by atoms with E-state index in [1.165, 1.54) is 13.0 Å². The molecule has 0 aromatic heterocycles. The third-order valence-electron chi connectivity index (χ3n) is 1.92. The van der Waals surface area contributed by atoms with Crippen molar-refractivity contribution in [2.24, 2.45) is 0 Å². The number of rotatable bonds is 4. The van der Waals surface area contributed by atoms with Crippen LogP contribution < -0.4 is 4.74 Å². The van der Waals surface area contributed by atoms with Crippen LogP contribution in [0.25, 0.3) is 0 Å². The number of nitrogens with zero attached hydrogens (tertiary/aromatic N) is 1. The molecular formula is C10H10FNO4. The predicted octanol–water partition coefficient (Wildman–Crippen LogP) is 2.34. The molecule has 0 aliphatic heterocycles. The highest BCUT2D eigenvalue weighted by Crippen LogP contribution is 2.31. The second-order valence-electron chi connectivity index (χ2n) is 3.05. The average Bonchev–Trinajstić information content (AvgIpc) is 2.16. The van der Waals surface area contributed by atoms with E-state index < -0.39 is 16.4 Å². The van der Waals surface area contributed by atoms with Crippen molar-refractivity contribution in [3.8, 4) is 5.75 Å². The van der Waals surface area contributed by atoms with Crippen LogP contribution in [-0.4, -0.2) is 17.3 Å². The van der Waals surface area contributed by atoms with E-state index in [1.54, 1.807) is 6.92 Å². The number of hydrogen-bond donors (Lipinski definition) is 0. The fourth-order valence-corrected chi connectivity index (χ4v) is 1.22. The lowest BCUT2D eigenvalue weighted by atomic mass is 10.1. The Bertz CT molecular complexity index is 445. The van der Waals surface area contributed by atoms with E-state index in [0.717, 1.165) is 6.07 Å². The molecule has 0 unspecified atom stereocenters. The molecule has 0 heterocycles. The van der Waals surface area contributed by atoms with Crippen LogP contribution in [0, 0.1) is 15.9 Å². The van der Waals surface area contributed by atoms with Crippen LogP contribution in [0.15, 0.2) is 12.1 Å². The third kappa shape index (κ3) is 2.33. The number of ketones is 1. The summed E-state index contributed by atoms with van der Waals surface area (Å²) in [5.74, 6) is -1.67. The molecule has 0 amide bonds. The van der Waals surface area contributed by atoms with Gasteiger partial charge in [0.15, 0.2) is 5.78 Å². The molecule has 0 fully saturated rings. The number of ether oxygens (including phenoxy) is 1. The van der Waals surface area contributed by atoms with E-state index in [-0.39, 0.29) is 23.7 Å². The summed E-state index contributed by atoms with van der Waals surface area (Å²) in [6, 6.07) is 2.01. The van der Waals surface area contributed by atoms with E-state index in [9.17, 15) is 19.3 Å². The quantitative estimate of drug-likeness (QED) is 0.449. The fraction of sp³-hybridized carbons (Fsp3) is 0.300. The predicted molar refractivity (Wildman–Crippen MR) is 54.2 cm³/mol. The van der Waals surface area contributed by atoms with Gasteiger partial charge in [-0.05, 0) is 26.0 Å². The zero-order valence-electron chi connectivity index (χ0n) is 8.82. The van der Waals surface area contributed by atoms with Crippen LogP contribution in [0.2, 0.25) is 0 Å². The fourth-order valence-electron chi connectivity index (χ4n) is 1.22. The van der Waals surface area contributed by atoms with Gasteiger partial charge in [0.05, 0.1) is 11.5 Å². The molecule has 0 atom stereocenters. The van der Waals surface area contributed by atoms with E-state index in [4.69, 9.17) is 4.74 Å². The van der Waals surface area contributed by atoms with Gasteiger partial charge >= 0.3 is 5.69 Å². The maximum absolute atomic E-state index is 13.4. The van der Waals surface area contributed by atoms with Crippen molar-refractivity contribution in [2.75, 3.05) is 6.61 Å². The first kappa shape index (κ1) is 12.1. The lowest BCUT2D eigenvalue weighted by Gasteiger charge is -2.06. The molecule has 6 heteroatoms. The maximum atomic E-state index is 13.4. The molecule has 0 N–H and O–H groups in total. The second kappa shape index (κ2) is 4.69. The molecule has 1 rings (SSSR count). The number of halogens is 1. The molecule has 0 bridgehead atoms. The number of carbonyl (C=O) groups is 1. The minimum Gasteiger partial charge on any atom is -0.487 e. The standard InChI is InChI=1S/C10H10FNO4/c1-3-16-9-5-7(6(2)13)4-8(11)10(9)12(14)15/h4-5H,3H2,1-2H3. The van der Waals surface area contributed by atoms with Crippen molar-refractivity contribution in [3.63, 3.8) is 0 Å². The highest BCUT2D eigenvalue weighted by molar-refractivity contribution is 5.95. The Balaban J connectivity index is 3.38. The lowest BCUT2D eigenvalue weighted by Crippen LogP contribution is -2.03. The number of nitro groups is 1. The lowest BCUT2D eigenvalue weighted by molar-refractivity contribution is -0.388. The number of nitro benzene ring substituents is 1. The van der Waals surface area contributed by atoms with Crippen LogP contribution in [0.5, 0.6) is 5.75 Å². The summed E-state index contributed by atoms with van der Waals surface area (Å²) in [4.78, 5) is 20.8. The number of Topliss-reactive ketones (excluding diaryl/α,β-unsaturated/α-hetero) is 1. The van der Waals surface area contributed by atoms with Gasteiger partial charge < -0.3 is 4.74 Å². The highest BCUT2D eigenvalue weighted by Gasteiger charge is 2.23. The minimum atomic E-state index is -1.07. The summed E-state index contributed by atoms with van der Waals surface area (Å²) in [5.41, 5.74) is -0.696. The smallest absolute Gasteiger partial charge is 0.346 e. The Labute approximate surface area is 91.0 Å². The van der Waals surface area contributed by atoms with Gasteiger partial charge in [-0.3, -0.25) is 14.9 Å². The van der Waals surface area contributed by atoms with Gasteiger partial charge in [0.1, 0.15) is 0 Å². The molecule has 0 saturated carbocycles. The van der Waals surface area contributed by atoms with Gasteiger partial charge in [-0.25, -0.2) is 0 Å². The van der Waals surface area contributed by atoms with Crippen molar-refractivity contribution >= 4 is 11.5 Å². The Morgan fingerprint density at radius 2 is 2.19 bits per heavy atom.